The number of halogens is 5. The molecule has 0 amide bonds. The maximum atomic E-state index is 16.1. The molecule has 0 aliphatic rings. The average Bonchev–Trinajstić information content (AvgIpc) is 2.65. The second kappa shape index (κ2) is 7.63. The van der Waals surface area contributed by atoms with Crippen LogP contribution in [-0.4, -0.2) is 25.1 Å². The van der Waals surface area contributed by atoms with Gasteiger partial charge in [0.1, 0.15) is 5.75 Å². The van der Waals surface area contributed by atoms with Gasteiger partial charge in [0.15, 0.2) is 0 Å². The van der Waals surface area contributed by atoms with Gasteiger partial charge in [0, 0.05) is 16.7 Å². The van der Waals surface area contributed by atoms with Crippen molar-refractivity contribution < 1.29 is 36.8 Å². The summed E-state index contributed by atoms with van der Waals surface area (Å²) in [7, 11) is 1.97. The van der Waals surface area contributed by atoms with Crippen LogP contribution in [0.2, 0.25) is 5.02 Å². The number of nitrogens with zero attached hydrogens (tertiary/aromatic N) is 1. The van der Waals surface area contributed by atoms with Crippen molar-refractivity contribution in [2.24, 2.45) is 0 Å². The third-order valence-electron chi connectivity index (χ3n) is 3.89. The summed E-state index contributed by atoms with van der Waals surface area (Å²) in [5, 5.41) is 11.3. The summed E-state index contributed by atoms with van der Waals surface area (Å²) in [6.07, 6.45) is -4.92. The Labute approximate surface area is 160 Å². The summed E-state index contributed by atoms with van der Waals surface area (Å²) in [5.41, 5.74) is -7.52. The maximum Gasteiger partial charge on any atom is 0.416 e. The lowest BCUT2D eigenvalue weighted by Gasteiger charge is -2.25. The molecule has 150 valence electrons. The highest BCUT2D eigenvalue weighted by Gasteiger charge is 2.51. The van der Waals surface area contributed by atoms with Gasteiger partial charge >= 0.3 is 12.1 Å². The second-order valence-electron chi connectivity index (χ2n) is 5.48. The number of carbonyl (C=O) groups is 1. The molecule has 6 nitrogen and oxygen atoms in total. The van der Waals surface area contributed by atoms with Gasteiger partial charge in [0.05, 0.1) is 30.3 Å². The van der Waals surface area contributed by atoms with E-state index in [0.717, 1.165) is 20.3 Å². The first-order valence-electron chi connectivity index (χ1n) is 7.44. The number of benzene rings is 2. The number of esters is 1. The molecule has 0 spiro atoms. The SMILES string of the molecule is COC(=O)[C@@](F)(c1cc(Cl)ccc1OC)c1ccc(C(F)(F)F)cc1[N+](=O)[O-]. The van der Waals surface area contributed by atoms with Gasteiger partial charge in [-0.25, -0.2) is 9.18 Å². The van der Waals surface area contributed by atoms with Crippen molar-refractivity contribution in [3.05, 3.63) is 68.2 Å². The molecule has 0 fully saturated rings. The molecule has 0 bridgehead atoms. The second-order valence-corrected chi connectivity index (χ2v) is 5.92. The van der Waals surface area contributed by atoms with Crippen LogP contribution in [-0.2, 0) is 21.4 Å². The fourth-order valence-electron chi connectivity index (χ4n) is 2.61. The van der Waals surface area contributed by atoms with Gasteiger partial charge in [-0.3, -0.25) is 10.1 Å². The Bertz CT molecular complexity index is 934. The zero-order valence-electron chi connectivity index (χ0n) is 14.3. The smallest absolute Gasteiger partial charge is 0.416 e. The molecule has 0 N–H and O–H groups in total. The summed E-state index contributed by atoms with van der Waals surface area (Å²) >= 11 is 5.85. The molecular weight excluding hydrogens is 410 g/mol. The van der Waals surface area contributed by atoms with Gasteiger partial charge in [-0.1, -0.05) is 11.6 Å². The topological polar surface area (TPSA) is 78.7 Å². The van der Waals surface area contributed by atoms with Crippen LogP contribution in [0.3, 0.4) is 0 Å². The zero-order valence-corrected chi connectivity index (χ0v) is 15.1. The van der Waals surface area contributed by atoms with Crippen molar-refractivity contribution >= 4 is 23.3 Å². The van der Waals surface area contributed by atoms with E-state index in [1.54, 1.807) is 0 Å². The number of rotatable bonds is 5. The number of hydrogen-bond donors (Lipinski definition) is 0. The number of nitro benzene ring substituents is 1. The molecule has 0 saturated heterocycles. The molecule has 2 rings (SSSR count). The number of carbonyl (C=O) groups excluding carboxylic acids is 1. The highest BCUT2D eigenvalue weighted by molar-refractivity contribution is 6.30. The molecule has 0 unspecified atom stereocenters. The molecule has 0 heterocycles. The minimum atomic E-state index is -4.92. The quantitative estimate of drug-likeness (QED) is 0.303. The van der Waals surface area contributed by atoms with E-state index >= 15 is 4.39 Å². The highest BCUT2D eigenvalue weighted by Crippen LogP contribution is 2.46. The zero-order chi connectivity index (χ0) is 21.3. The molecule has 0 aliphatic carbocycles. The van der Waals surface area contributed by atoms with Crippen molar-refractivity contribution in [3.63, 3.8) is 0 Å². The molecule has 11 heteroatoms. The summed E-state index contributed by atoms with van der Waals surface area (Å²) in [5.74, 6) is -1.82. The van der Waals surface area contributed by atoms with E-state index in [4.69, 9.17) is 16.3 Å². The van der Waals surface area contributed by atoms with Crippen LogP contribution < -0.4 is 4.74 Å². The summed E-state index contributed by atoms with van der Waals surface area (Å²) in [4.78, 5) is 22.5. The third kappa shape index (κ3) is 3.72. The van der Waals surface area contributed by atoms with Gasteiger partial charge in [0.2, 0.25) is 0 Å². The van der Waals surface area contributed by atoms with E-state index in [2.05, 4.69) is 4.74 Å². The first-order valence-corrected chi connectivity index (χ1v) is 7.82. The van der Waals surface area contributed by atoms with Crippen LogP contribution in [0.1, 0.15) is 16.7 Å². The first kappa shape index (κ1) is 21.4. The molecule has 2 aromatic rings. The summed E-state index contributed by atoms with van der Waals surface area (Å²) in [6, 6.07) is 4.56. The molecule has 2 aromatic carbocycles. The number of methoxy groups -OCH3 is 2. The lowest BCUT2D eigenvalue weighted by Crippen LogP contribution is -2.35. The Morgan fingerprint density at radius 1 is 1.07 bits per heavy atom. The fourth-order valence-corrected chi connectivity index (χ4v) is 2.78. The minimum absolute atomic E-state index is 0.0451. The maximum absolute atomic E-state index is 16.1. The van der Waals surface area contributed by atoms with Gasteiger partial charge in [-0.2, -0.15) is 13.2 Å². The Morgan fingerprint density at radius 2 is 1.71 bits per heavy atom. The van der Waals surface area contributed by atoms with Crippen LogP contribution in [0.5, 0.6) is 5.75 Å². The number of hydrogen-bond acceptors (Lipinski definition) is 5. The van der Waals surface area contributed by atoms with E-state index < -0.39 is 45.1 Å². The van der Waals surface area contributed by atoms with Gasteiger partial charge in [-0.15, -0.1) is 0 Å². The van der Waals surface area contributed by atoms with Gasteiger partial charge in [-0.05, 0) is 30.3 Å². The molecule has 0 aromatic heterocycles. The Kier molecular flexibility index (Phi) is 5.83. The number of nitro groups is 1. The lowest BCUT2D eigenvalue weighted by molar-refractivity contribution is -0.386. The monoisotopic (exact) mass is 421 g/mol. The molecule has 1 atom stereocenters. The Balaban J connectivity index is 2.90. The van der Waals surface area contributed by atoms with Gasteiger partial charge < -0.3 is 9.47 Å². The van der Waals surface area contributed by atoms with Crippen LogP contribution >= 0.6 is 11.6 Å². The predicted molar refractivity (Wildman–Crippen MR) is 90.0 cm³/mol. The minimum Gasteiger partial charge on any atom is -0.496 e. The van der Waals surface area contributed by atoms with Crippen molar-refractivity contribution in [1.82, 2.24) is 0 Å². The van der Waals surface area contributed by atoms with Crippen LogP contribution in [0.4, 0.5) is 23.2 Å². The van der Waals surface area contributed by atoms with Crippen LogP contribution in [0.25, 0.3) is 0 Å². The summed E-state index contributed by atoms with van der Waals surface area (Å²) in [6.45, 7) is 0. The molecule has 0 radical (unpaired) electrons. The largest absolute Gasteiger partial charge is 0.496 e. The normalized spacial score (nSPS) is 13.5. The predicted octanol–water partition coefficient (Wildman–Crippen LogP) is 4.66. The number of alkyl halides is 4. The van der Waals surface area contributed by atoms with E-state index in [-0.39, 0.29) is 16.8 Å². The van der Waals surface area contributed by atoms with E-state index in [1.165, 1.54) is 12.1 Å². The first-order chi connectivity index (χ1) is 13.0. The standard InChI is InChI=1S/C17H12ClF4NO5/c1-27-14-6-4-10(18)8-12(14)16(19,15(24)28-2)11-5-3-9(17(20,21)22)7-13(11)23(25)26/h3-8H,1-2H3/t16-/m0/s1. The molecular formula is C17H12ClF4NO5. The molecule has 0 aliphatic heterocycles. The van der Waals surface area contributed by atoms with E-state index in [9.17, 15) is 28.1 Å². The molecule has 28 heavy (non-hydrogen) atoms. The number of ether oxygens (including phenoxy) is 2. The van der Waals surface area contributed by atoms with Crippen LogP contribution in [0.15, 0.2) is 36.4 Å². The van der Waals surface area contributed by atoms with Crippen molar-refractivity contribution in [2.45, 2.75) is 11.8 Å². The molecule has 0 saturated carbocycles. The summed E-state index contributed by atoms with van der Waals surface area (Å²) < 4.78 is 64.4. The Hall–Kier alpha value is -2.88. The van der Waals surface area contributed by atoms with Crippen molar-refractivity contribution in [3.8, 4) is 5.75 Å². The van der Waals surface area contributed by atoms with Crippen molar-refractivity contribution in [2.75, 3.05) is 14.2 Å². The van der Waals surface area contributed by atoms with E-state index in [0.29, 0.717) is 12.1 Å². The lowest BCUT2D eigenvalue weighted by atomic mass is 9.85. The van der Waals surface area contributed by atoms with E-state index in [1.807, 2.05) is 0 Å². The fraction of sp³-hybridized carbons (Fsp3) is 0.235. The van der Waals surface area contributed by atoms with Crippen molar-refractivity contribution in [1.29, 1.82) is 0 Å². The Morgan fingerprint density at radius 3 is 2.21 bits per heavy atom. The van der Waals surface area contributed by atoms with Gasteiger partial charge in [0.25, 0.3) is 11.4 Å². The van der Waals surface area contributed by atoms with Crippen LogP contribution in [0, 0.1) is 10.1 Å². The highest BCUT2D eigenvalue weighted by atomic mass is 35.5. The third-order valence-corrected chi connectivity index (χ3v) is 4.13. The average molecular weight is 422 g/mol.